The van der Waals surface area contributed by atoms with Crippen LogP contribution < -0.4 is 5.32 Å². The molecule has 0 saturated carbocycles. The summed E-state index contributed by atoms with van der Waals surface area (Å²) in [6.07, 6.45) is 0. The van der Waals surface area contributed by atoms with Gasteiger partial charge in [0.1, 0.15) is 0 Å². The SMILES string of the molecule is CCN(CC)S(=O)(=O)c1ccc(C(=O)N(C)CC(=O)Nc2c(C)cc(C)cc2C)cc1. The highest BCUT2D eigenvalue weighted by Gasteiger charge is 2.22. The summed E-state index contributed by atoms with van der Waals surface area (Å²) >= 11 is 0. The molecule has 8 heteroatoms. The molecule has 7 nitrogen and oxygen atoms in total. The number of nitrogens with zero attached hydrogens (tertiary/aromatic N) is 2. The monoisotopic (exact) mass is 445 g/mol. The average molecular weight is 446 g/mol. The van der Waals surface area contributed by atoms with Gasteiger partial charge in [0.05, 0.1) is 11.4 Å². The third kappa shape index (κ3) is 5.71. The molecule has 0 atom stereocenters. The van der Waals surface area contributed by atoms with Crippen LogP contribution in [0.1, 0.15) is 40.9 Å². The molecule has 0 bridgehead atoms. The van der Waals surface area contributed by atoms with Crippen LogP contribution in [0.3, 0.4) is 0 Å². The predicted octanol–water partition coefficient (Wildman–Crippen LogP) is 3.35. The molecule has 0 aliphatic rings. The van der Waals surface area contributed by atoms with Gasteiger partial charge in [0.15, 0.2) is 0 Å². The number of anilines is 1. The Labute approximate surface area is 185 Å². The molecule has 0 spiro atoms. The summed E-state index contributed by atoms with van der Waals surface area (Å²) in [6.45, 7) is 10.0. The zero-order valence-corrected chi connectivity index (χ0v) is 19.8. The molecule has 0 saturated heterocycles. The molecule has 0 aliphatic heterocycles. The maximum absolute atomic E-state index is 12.7. The molecule has 168 valence electrons. The number of carbonyl (C=O) groups is 2. The van der Waals surface area contributed by atoms with Crippen molar-refractivity contribution < 1.29 is 18.0 Å². The largest absolute Gasteiger partial charge is 0.332 e. The normalized spacial score (nSPS) is 11.5. The molecular weight excluding hydrogens is 414 g/mol. The Balaban J connectivity index is 2.09. The second-order valence-electron chi connectivity index (χ2n) is 7.60. The standard InChI is InChI=1S/C23H31N3O4S/c1-7-26(8-2)31(29,30)20-11-9-19(10-12-20)23(28)25(6)15-21(27)24-22-17(4)13-16(3)14-18(22)5/h9-14H,7-8,15H2,1-6H3,(H,24,27). The fraction of sp³-hybridized carbons (Fsp3) is 0.391. The first-order valence-electron chi connectivity index (χ1n) is 10.2. The van der Waals surface area contributed by atoms with Gasteiger partial charge < -0.3 is 10.2 Å². The van der Waals surface area contributed by atoms with Gasteiger partial charge in [-0.1, -0.05) is 31.5 Å². The Morgan fingerprint density at radius 1 is 0.935 bits per heavy atom. The summed E-state index contributed by atoms with van der Waals surface area (Å²) in [5.74, 6) is -0.661. The molecule has 2 amide bonds. The van der Waals surface area contributed by atoms with Gasteiger partial charge in [-0.25, -0.2) is 8.42 Å². The maximum Gasteiger partial charge on any atom is 0.254 e. The van der Waals surface area contributed by atoms with Gasteiger partial charge in [-0.2, -0.15) is 4.31 Å². The van der Waals surface area contributed by atoms with Crippen LogP contribution in [0, 0.1) is 20.8 Å². The van der Waals surface area contributed by atoms with E-state index in [-0.39, 0.29) is 23.3 Å². The fourth-order valence-electron chi connectivity index (χ4n) is 3.55. The van der Waals surface area contributed by atoms with Crippen molar-refractivity contribution in [3.8, 4) is 0 Å². The first-order chi connectivity index (χ1) is 14.5. The summed E-state index contributed by atoms with van der Waals surface area (Å²) in [5, 5.41) is 2.88. The molecule has 0 radical (unpaired) electrons. The van der Waals surface area contributed by atoms with Gasteiger partial charge in [-0.15, -0.1) is 0 Å². The van der Waals surface area contributed by atoms with Crippen molar-refractivity contribution in [2.75, 3.05) is 32.0 Å². The van der Waals surface area contributed by atoms with Crippen LogP contribution in [0.5, 0.6) is 0 Å². The lowest BCUT2D eigenvalue weighted by Gasteiger charge is -2.20. The van der Waals surface area contributed by atoms with Crippen molar-refractivity contribution in [2.24, 2.45) is 0 Å². The van der Waals surface area contributed by atoms with Gasteiger partial charge in [-0.3, -0.25) is 9.59 Å². The topological polar surface area (TPSA) is 86.8 Å². The Morgan fingerprint density at radius 2 is 1.45 bits per heavy atom. The van der Waals surface area contributed by atoms with Crippen molar-refractivity contribution in [3.63, 3.8) is 0 Å². The number of aryl methyl sites for hydroxylation is 3. The third-order valence-electron chi connectivity index (χ3n) is 5.11. The summed E-state index contributed by atoms with van der Waals surface area (Å²) in [7, 11) is -2.05. The van der Waals surface area contributed by atoms with Crippen LogP contribution in [-0.4, -0.2) is 56.1 Å². The van der Waals surface area contributed by atoms with Crippen molar-refractivity contribution in [1.82, 2.24) is 9.21 Å². The lowest BCUT2D eigenvalue weighted by Crippen LogP contribution is -2.35. The van der Waals surface area contributed by atoms with Gasteiger partial charge in [0.2, 0.25) is 15.9 Å². The molecule has 2 aromatic carbocycles. The number of nitrogens with one attached hydrogen (secondary N) is 1. The highest BCUT2D eigenvalue weighted by atomic mass is 32.2. The van der Waals surface area contributed by atoms with Crippen molar-refractivity contribution >= 4 is 27.5 Å². The van der Waals surface area contributed by atoms with E-state index in [0.29, 0.717) is 18.7 Å². The molecule has 0 unspecified atom stereocenters. The van der Waals surface area contributed by atoms with E-state index >= 15 is 0 Å². The second kappa shape index (κ2) is 10.1. The number of rotatable bonds is 8. The van der Waals surface area contributed by atoms with Gasteiger partial charge in [0, 0.05) is 31.4 Å². The van der Waals surface area contributed by atoms with Crippen molar-refractivity contribution in [1.29, 1.82) is 0 Å². The van der Waals surface area contributed by atoms with Crippen LogP contribution in [0.2, 0.25) is 0 Å². The number of carbonyl (C=O) groups excluding carboxylic acids is 2. The number of hydrogen-bond donors (Lipinski definition) is 1. The smallest absolute Gasteiger partial charge is 0.254 e. The molecule has 1 N–H and O–H groups in total. The van der Waals surface area contributed by atoms with E-state index < -0.39 is 10.0 Å². The minimum Gasteiger partial charge on any atom is -0.332 e. The Hall–Kier alpha value is -2.71. The number of likely N-dealkylation sites (N-methyl/N-ethyl adjacent to an activating group) is 1. The van der Waals surface area contributed by atoms with Crippen LogP contribution >= 0.6 is 0 Å². The third-order valence-corrected chi connectivity index (χ3v) is 7.18. The first-order valence-corrected chi connectivity index (χ1v) is 11.7. The van der Waals surface area contributed by atoms with E-state index in [1.807, 2.05) is 32.9 Å². The van der Waals surface area contributed by atoms with E-state index in [1.165, 1.54) is 40.5 Å². The minimum absolute atomic E-state index is 0.120. The first kappa shape index (κ1) is 24.6. The van der Waals surface area contributed by atoms with E-state index in [2.05, 4.69) is 5.32 Å². The van der Waals surface area contributed by atoms with Crippen LogP contribution in [0.25, 0.3) is 0 Å². The van der Waals surface area contributed by atoms with Crippen LogP contribution in [0.4, 0.5) is 5.69 Å². The lowest BCUT2D eigenvalue weighted by atomic mass is 10.1. The number of sulfonamides is 1. The van der Waals surface area contributed by atoms with Crippen molar-refractivity contribution in [2.45, 2.75) is 39.5 Å². The average Bonchev–Trinajstić information content (AvgIpc) is 2.70. The molecule has 0 aromatic heterocycles. The van der Waals surface area contributed by atoms with Gasteiger partial charge in [-0.05, 0) is 56.2 Å². The fourth-order valence-corrected chi connectivity index (χ4v) is 5.00. The zero-order chi connectivity index (χ0) is 23.3. The van der Waals surface area contributed by atoms with Gasteiger partial charge >= 0.3 is 0 Å². The molecule has 2 rings (SSSR count). The van der Waals surface area contributed by atoms with E-state index in [0.717, 1.165) is 22.4 Å². The molecular formula is C23H31N3O4S. The van der Waals surface area contributed by atoms with E-state index in [1.54, 1.807) is 13.8 Å². The summed E-state index contributed by atoms with van der Waals surface area (Å²) < 4.78 is 26.5. The molecule has 31 heavy (non-hydrogen) atoms. The second-order valence-corrected chi connectivity index (χ2v) is 9.53. The Bertz CT molecular complexity index is 1040. The highest BCUT2D eigenvalue weighted by Crippen LogP contribution is 2.22. The minimum atomic E-state index is -3.58. The quantitative estimate of drug-likeness (QED) is 0.675. The Kier molecular flexibility index (Phi) is 7.97. The summed E-state index contributed by atoms with van der Waals surface area (Å²) in [4.78, 5) is 26.6. The number of hydrogen-bond acceptors (Lipinski definition) is 4. The summed E-state index contributed by atoms with van der Waals surface area (Å²) in [6, 6.07) is 9.78. The van der Waals surface area contributed by atoms with E-state index in [4.69, 9.17) is 0 Å². The predicted molar refractivity (Wildman–Crippen MR) is 123 cm³/mol. The number of amides is 2. The van der Waals surface area contributed by atoms with Crippen LogP contribution in [-0.2, 0) is 14.8 Å². The van der Waals surface area contributed by atoms with Crippen molar-refractivity contribution in [3.05, 3.63) is 58.7 Å². The highest BCUT2D eigenvalue weighted by molar-refractivity contribution is 7.89. The molecule has 0 aliphatic carbocycles. The van der Waals surface area contributed by atoms with E-state index in [9.17, 15) is 18.0 Å². The molecule has 0 heterocycles. The maximum atomic E-state index is 12.7. The van der Waals surface area contributed by atoms with Gasteiger partial charge in [0.25, 0.3) is 5.91 Å². The number of benzene rings is 2. The zero-order valence-electron chi connectivity index (χ0n) is 19.0. The lowest BCUT2D eigenvalue weighted by molar-refractivity contribution is -0.116. The summed E-state index contributed by atoms with van der Waals surface area (Å²) in [5.41, 5.74) is 4.11. The molecule has 2 aromatic rings. The van der Waals surface area contributed by atoms with Crippen LogP contribution in [0.15, 0.2) is 41.3 Å². The Morgan fingerprint density at radius 3 is 1.94 bits per heavy atom. The molecule has 0 fully saturated rings.